The Morgan fingerprint density at radius 2 is 2.07 bits per heavy atom. The molecule has 0 saturated heterocycles. The molecule has 0 heterocycles. The molecule has 0 bridgehead atoms. The number of carbonyl (C=O) groups is 1. The van der Waals surface area contributed by atoms with Crippen molar-refractivity contribution in [1.29, 1.82) is 0 Å². The molecule has 0 aromatic carbocycles. The zero-order valence-corrected chi connectivity index (χ0v) is 9.78. The fourth-order valence-corrected chi connectivity index (χ4v) is 2.56. The Labute approximate surface area is 92.0 Å². The predicted octanol–water partition coefficient (Wildman–Crippen LogP) is 1.23. The van der Waals surface area contributed by atoms with Crippen molar-refractivity contribution < 1.29 is 4.79 Å². The maximum Gasteiger partial charge on any atom is 0.225 e. The van der Waals surface area contributed by atoms with Crippen LogP contribution in [-0.4, -0.2) is 30.4 Å². The van der Waals surface area contributed by atoms with Crippen molar-refractivity contribution in [3.63, 3.8) is 0 Å². The second kappa shape index (κ2) is 4.12. The molecule has 0 radical (unpaired) electrons. The summed E-state index contributed by atoms with van der Waals surface area (Å²) in [5, 5.41) is 0. The molecule has 0 aromatic rings. The molecule has 0 aromatic heterocycles. The van der Waals surface area contributed by atoms with E-state index in [2.05, 4.69) is 6.92 Å². The highest BCUT2D eigenvalue weighted by atomic mass is 16.2. The minimum Gasteiger partial charge on any atom is -0.345 e. The molecule has 3 heteroatoms. The highest BCUT2D eigenvalue weighted by Crippen LogP contribution is 2.37. The first kappa shape index (κ1) is 10.9. The lowest BCUT2D eigenvalue weighted by Gasteiger charge is -2.36. The Balaban J connectivity index is 1.74. The topological polar surface area (TPSA) is 46.3 Å². The Morgan fingerprint density at radius 3 is 2.53 bits per heavy atom. The van der Waals surface area contributed by atoms with Crippen LogP contribution in [0.4, 0.5) is 0 Å². The van der Waals surface area contributed by atoms with Gasteiger partial charge in [0, 0.05) is 25.6 Å². The second-order valence-corrected chi connectivity index (χ2v) is 5.44. The summed E-state index contributed by atoms with van der Waals surface area (Å²) >= 11 is 0. The first-order chi connectivity index (χ1) is 7.08. The van der Waals surface area contributed by atoms with Gasteiger partial charge in [0.2, 0.25) is 5.91 Å². The van der Waals surface area contributed by atoms with Gasteiger partial charge in [-0.15, -0.1) is 0 Å². The number of hydrogen-bond acceptors (Lipinski definition) is 2. The van der Waals surface area contributed by atoms with Gasteiger partial charge in [-0.2, -0.15) is 0 Å². The van der Waals surface area contributed by atoms with E-state index in [0.717, 1.165) is 19.4 Å². The monoisotopic (exact) mass is 210 g/mol. The summed E-state index contributed by atoms with van der Waals surface area (Å²) < 4.78 is 0. The second-order valence-electron chi connectivity index (χ2n) is 5.44. The molecule has 2 saturated carbocycles. The lowest BCUT2D eigenvalue weighted by molar-refractivity contribution is -0.135. The van der Waals surface area contributed by atoms with Crippen LogP contribution in [0, 0.1) is 17.8 Å². The summed E-state index contributed by atoms with van der Waals surface area (Å²) in [4.78, 5) is 13.9. The van der Waals surface area contributed by atoms with Crippen molar-refractivity contribution in [1.82, 2.24) is 4.90 Å². The number of amides is 1. The van der Waals surface area contributed by atoms with Crippen molar-refractivity contribution >= 4 is 5.91 Å². The summed E-state index contributed by atoms with van der Waals surface area (Å²) in [6.07, 6.45) is 4.68. The lowest BCUT2D eigenvalue weighted by Crippen LogP contribution is -2.44. The van der Waals surface area contributed by atoms with E-state index >= 15 is 0 Å². The van der Waals surface area contributed by atoms with E-state index in [1.54, 1.807) is 0 Å². The van der Waals surface area contributed by atoms with E-state index in [1.807, 2.05) is 11.9 Å². The molecule has 2 aliphatic rings. The van der Waals surface area contributed by atoms with Crippen LogP contribution in [-0.2, 0) is 4.79 Å². The average molecular weight is 210 g/mol. The number of carbonyl (C=O) groups excluding carboxylic acids is 1. The zero-order chi connectivity index (χ0) is 11.0. The fraction of sp³-hybridized carbons (Fsp3) is 0.917. The van der Waals surface area contributed by atoms with Gasteiger partial charge in [0.25, 0.3) is 0 Å². The summed E-state index contributed by atoms with van der Waals surface area (Å²) in [7, 11) is 1.94. The van der Waals surface area contributed by atoms with Gasteiger partial charge in [-0.05, 0) is 37.5 Å². The number of hydrogen-bond donors (Lipinski definition) is 1. The third-order valence-electron chi connectivity index (χ3n) is 3.90. The van der Waals surface area contributed by atoms with Crippen LogP contribution in [0.5, 0.6) is 0 Å². The highest BCUT2D eigenvalue weighted by molar-refractivity contribution is 5.78. The van der Waals surface area contributed by atoms with Crippen LogP contribution in [0.15, 0.2) is 0 Å². The smallest absolute Gasteiger partial charge is 0.225 e. The van der Waals surface area contributed by atoms with Gasteiger partial charge in [0.1, 0.15) is 0 Å². The van der Waals surface area contributed by atoms with Gasteiger partial charge in [0.15, 0.2) is 0 Å². The molecule has 15 heavy (non-hydrogen) atoms. The maximum absolute atomic E-state index is 12.0. The molecule has 2 N–H and O–H groups in total. The van der Waals surface area contributed by atoms with Gasteiger partial charge in [-0.1, -0.05) is 6.92 Å². The molecule has 2 fully saturated rings. The largest absolute Gasteiger partial charge is 0.345 e. The molecule has 3 nitrogen and oxygen atoms in total. The van der Waals surface area contributed by atoms with Crippen LogP contribution in [0.25, 0.3) is 0 Å². The van der Waals surface area contributed by atoms with E-state index in [1.165, 1.54) is 12.8 Å². The van der Waals surface area contributed by atoms with Crippen molar-refractivity contribution in [2.75, 3.05) is 13.6 Å². The minimum atomic E-state index is 0.240. The predicted molar refractivity (Wildman–Crippen MR) is 60.2 cm³/mol. The summed E-state index contributed by atoms with van der Waals surface area (Å²) in [5.41, 5.74) is 5.74. The van der Waals surface area contributed by atoms with E-state index in [0.29, 0.717) is 23.8 Å². The molecule has 2 rings (SSSR count). The van der Waals surface area contributed by atoms with Crippen LogP contribution in [0.2, 0.25) is 0 Å². The molecule has 86 valence electrons. The molecular weight excluding hydrogens is 188 g/mol. The first-order valence-corrected chi connectivity index (χ1v) is 6.08. The zero-order valence-electron chi connectivity index (χ0n) is 9.78. The third kappa shape index (κ3) is 2.51. The molecule has 1 unspecified atom stereocenters. The molecule has 0 spiro atoms. The molecule has 2 aliphatic carbocycles. The van der Waals surface area contributed by atoms with Gasteiger partial charge in [-0.25, -0.2) is 0 Å². The Morgan fingerprint density at radius 1 is 1.47 bits per heavy atom. The minimum absolute atomic E-state index is 0.240. The lowest BCUT2D eigenvalue weighted by atomic mass is 9.80. The highest BCUT2D eigenvalue weighted by Gasteiger charge is 2.35. The molecule has 1 atom stereocenters. The maximum atomic E-state index is 12.0. The first-order valence-electron chi connectivity index (χ1n) is 6.08. The van der Waals surface area contributed by atoms with Crippen molar-refractivity contribution in [3.8, 4) is 0 Å². The summed E-state index contributed by atoms with van der Waals surface area (Å²) in [6, 6.07) is 0.388. The Kier molecular flexibility index (Phi) is 3.01. The normalized spacial score (nSPS) is 31.9. The number of nitrogens with zero attached hydrogens (tertiary/aromatic N) is 1. The standard InChI is InChI=1S/C12H22N2O/c1-8(10-3-4-10)12(15)14(2)7-9-5-11(13)6-9/h8-11H,3-7,13H2,1-2H3. The van der Waals surface area contributed by atoms with E-state index in [4.69, 9.17) is 5.73 Å². The van der Waals surface area contributed by atoms with Crippen LogP contribution in [0.1, 0.15) is 32.6 Å². The molecule has 0 aliphatic heterocycles. The van der Waals surface area contributed by atoms with Gasteiger partial charge in [-0.3, -0.25) is 4.79 Å². The average Bonchev–Trinajstić information content (AvgIpc) is 2.96. The summed E-state index contributed by atoms with van der Waals surface area (Å²) in [5.74, 6) is 1.89. The van der Waals surface area contributed by atoms with Crippen molar-refractivity contribution in [3.05, 3.63) is 0 Å². The quantitative estimate of drug-likeness (QED) is 0.758. The van der Waals surface area contributed by atoms with Crippen LogP contribution >= 0.6 is 0 Å². The fourth-order valence-electron chi connectivity index (χ4n) is 2.56. The number of nitrogens with two attached hydrogens (primary N) is 1. The Bertz CT molecular complexity index is 244. The Hall–Kier alpha value is -0.570. The van der Waals surface area contributed by atoms with E-state index < -0.39 is 0 Å². The van der Waals surface area contributed by atoms with E-state index in [9.17, 15) is 4.79 Å². The summed E-state index contributed by atoms with van der Waals surface area (Å²) in [6.45, 7) is 2.98. The van der Waals surface area contributed by atoms with E-state index in [-0.39, 0.29) is 5.92 Å². The van der Waals surface area contributed by atoms with Gasteiger partial charge in [0.05, 0.1) is 0 Å². The SMILES string of the molecule is CC(C(=O)N(C)CC1CC(N)C1)C1CC1. The van der Waals surface area contributed by atoms with Crippen molar-refractivity contribution in [2.45, 2.75) is 38.6 Å². The van der Waals surface area contributed by atoms with Gasteiger partial charge >= 0.3 is 0 Å². The van der Waals surface area contributed by atoms with Crippen molar-refractivity contribution in [2.24, 2.45) is 23.5 Å². The molecule has 1 amide bonds. The van der Waals surface area contributed by atoms with Crippen LogP contribution in [0.3, 0.4) is 0 Å². The van der Waals surface area contributed by atoms with Crippen LogP contribution < -0.4 is 5.73 Å². The van der Waals surface area contributed by atoms with Gasteiger partial charge < -0.3 is 10.6 Å². The number of rotatable bonds is 4. The molecular formula is C12H22N2O. The third-order valence-corrected chi connectivity index (χ3v) is 3.90.